The normalized spacial score (nSPS) is 11.1. The average molecular weight is 515 g/mol. The Bertz CT molecular complexity index is 1190. The first-order chi connectivity index (χ1) is 16.1. The molecule has 0 aliphatic rings. The molecule has 9 heteroatoms. The third-order valence-electron chi connectivity index (χ3n) is 5.18. The molecule has 0 aliphatic carbocycles. The van der Waals surface area contributed by atoms with E-state index < -0.39 is 35.1 Å². The number of hydrogen-bond donors (Lipinski definition) is 1. The monoisotopic (exact) mass is 514 g/mol. The zero-order chi connectivity index (χ0) is 25.0. The number of hydrogen-bond acceptors (Lipinski definition) is 3. The Morgan fingerprint density at radius 1 is 1.06 bits per heavy atom. The van der Waals surface area contributed by atoms with E-state index in [0.29, 0.717) is 34.2 Å². The summed E-state index contributed by atoms with van der Waals surface area (Å²) in [6.45, 7) is 0.610. The highest BCUT2D eigenvalue weighted by Crippen LogP contribution is 2.39. The van der Waals surface area contributed by atoms with Crippen molar-refractivity contribution in [2.24, 2.45) is 0 Å². The minimum atomic E-state index is -3.15. The molecule has 0 bridgehead atoms. The number of rotatable bonds is 9. The molecule has 0 atom stereocenters. The van der Waals surface area contributed by atoms with Crippen molar-refractivity contribution < 1.29 is 32.1 Å². The Balaban J connectivity index is 1.97. The maximum absolute atomic E-state index is 15.4. The minimum absolute atomic E-state index is 0.0588. The van der Waals surface area contributed by atoms with Crippen molar-refractivity contribution in [3.05, 3.63) is 93.2 Å². The third kappa shape index (κ3) is 5.96. The van der Waals surface area contributed by atoms with Gasteiger partial charge < -0.3 is 14.6 Å². The summed E-state index contributed by atoms with van der Waals surface area (Å²) >= 11 is 12.8. The van der Waals surface area contributed by atoms with Gasteiger partial charge in [0.2, 0.25) is 0 Å². The molecule has 0 saturated heterocycles. The number of benzene rings is 3. The fourth-order valence-electron chi connectivity index (χ4n) is 3.42. The van der Waals surface area contributed by atoms with Crippen molar-refractivity contribution >= 4 is 23.2 Å². The Labute approximate surface area is 204 Å². The predicted octanol–water partition coefficient (Wildman–Crippen LogP) is 7.93. The van der Waals surface area contributed by atoms with Crippen LogP contribution in [0.1, 0.15) is 23.1 Å². The second-order valence-electron chi connectivity index (χ2n) is 7.41. The quantitative estimate of drug-likeness (QED) is 0.232. The SMILES string of the molecule is C=C(CCc1cc(Cl)c(Cc2ccc(O)c(-c3cc(OC(F)F)ccc3F)c2F)c(Cl)c1)OC. The van der Waals surface area contributed by atoms with Crippen molar-refractivity contribution in [2.45, 2.75) is 25.9 Å². The Kier molecular flexibility index (Phi) is 8.33. The average Bonchev–Trinajstić information content (AvgIpc) is 2.77. The van der Waals surface area contributed by atoms with Gasteiger partial charge in [0.25, 0.3) is 0 Å². The lowest BCUT2D eigenvalue weighted by Gasteiger charge is -2.15. The molecule has 3 rings (SSSR count). The number of aryl methyl sites for hydroxylation is 1. The molecule has 0 aliphatic heterocycles. The van der Waals surface area contributed by atoms with E-state index in [9.17, 15) is 18.3 Å². The van der Waals surface area contributed by atoms with E-state index in [1.165, 1.54) is 19.2 Å². The molecule has 0 radical (unpaired) electrons. The standard InChI is InChI=1S/C25H20Cl2F4O3/c1-13(33-2)3-4-14-9-19(26)17(20(27)10-14)11-15-5-8-22(32)23(24(15)29)18-12-16(34-25(30)31)6-7-21(18)28/h5-10,12,25,32H,1,3-4,11H2,2H3. The van der Waals surface area contributed by atoms with Gasteiger partial charge in [-0.3, -0.25) is 0 Å². The summed E-state index contributed by atoms with van der Waals surface area (Å²) < 4.78 is 64.3. The number of phenols is 1. The lowest BCUT2D eigenvalue weighted by atomic mass is 9.96. The van der Waals surface area contributed by atoms with Crippen LogP contribution in [0, 0.1) is 11.6 Å². The third-order valence-corrected chi connectivity index (χ3v) is 5.86. The van der Waals surface area contributed by atoms with Gasteiger partial charge in [0.15, 0.2) is 0 Å². The van der Waals surface area contributed by atoms with E-state index in [1.54, 1.807) is 12.1 Å². The van der Waals surface area contributed by atoms with Crippen LogP contribution >= 0.6 is 23.2 Å². The van der Waals surface area contributed by atoms with Crippen LogP contribution in [0.3, 0.4) is 0 Å². The molecule has 0 heterocycles. The summed E-state index contributed by atoms with van der Waals surface area (Å²) in [4.78, 5) is 0. The molecule has 180 valence electrons. The van der Waals surface area contributed by atoms with Crippen LogP contribution in [-0.4, -0.2) is 18.8 Å². The number of alkyl halides is 2. The molecule has 3 aromatic carbocycles. The summed E-state index contributed by atoms with van der Waals surface area (Å²) in [5, 5.41) is 10.8. The highest BCUT2D eigenvalue weighted by molar-refractivity contribution is 6.36. The summed E-state index contributed by atoms with van der Waals surface area (Å²) in [5.41, 5.74) is 0.416. The van der Waals surface area contributed by atoms with Crippen molar-refractivity contribution in [3.63, 3.8) is 0 Å². The smallest absolute Gasteiger partial charge is 0.387 e. The molecule has 0 unspecified atom stereocenters. The predicted molar refractivity (Wildman–Crippen MR) is 124 cm³/mol. The first kappa shape index (κ1) is 25.7. The molecule has 1 N–H and O–H groups in total. The van der Waals surface area contributed by atoms with E-state index in [0.717, 1.165) is 23.8 Å². The minimum Gasteiger partial charge on any atom is -0.507 e. The summed E-state index contributed by atoms with van der Waals surface area (Å²) in [5.74, 6) is -2.22. The van der Waals surface area contributed by atoms with Crippen molar-refractivity contribution in [2.75, 3.05) is 7.11 Å². The van der Waals surface area contributed by atoms with Gasteiger partial charge >= 0.3 is 6.61 Å². The molecule has 0 spiro atoms. The number of phenolic OH excluding ortho intramolecular Hbond substituents is 1. The van der Waals surface area contributed by atoms with Crippen LogP contribution in [0.5, 0.6) is 11.5 Å². The maximum atomic E-state index is 15.4. The zero-order valence-corrected chi connectivity index (χ0v) is 19.5. The first-order valence-corrected chi connectivity index (χ1v) is 10.8. The van der Waals surface area contributed by atoms with Crippen LogP contribution in [0.2, 0.25) is 10.0 Å². The molecular weight excluding hydrogens is 495 g/mol. The Hall–Kier alpha value is -2.90. The van der Waals surface area contributed by atoms with Gasteiger partial charge in [0, 0.05) is 28.5 Å². The van der Waals surface area contributed by atoms with Crippen LogP contribution in [0.15, 0.2) is 54.8 Å². The fraction of sp³-hybridized carbons (Fsp3) is 0.200. The van der Waals surface area contributed by atoms with Gasteiger partial charge in [0.1, 0.15) is 23.1 Å². The van der Waals surface area contributed by atoms with E-state index in [2.05, 4.69) is 11.3 Å². The highest BCUT2D eigenvalue weighted by atomic mass is 35.5. The van der Waals surface area contributed by atoms with Crippen molar-refractivity contribution in [1.29, 1.82) is 0 Å². The van der Waals surface area contributed by atoms with Crippen LogP contribution in [0.25, 0.3) is 11.1 Å². The largest absolute Gasteiger partial charge is 0.507 e. The summed E-state index contributed by atoms with van der Waals surface area (Å²) in [6.07, 6.45) is 1.09. The van der Waals surface area contributed by atoms with Gasteiger partial charge in [0.05, 0.1) is 18.4 Å². The first-order valence-electron chi connectivity index (χ1n) is 10.0. The van der Waals surface area contributed by atoms with Crippen molar-refractivity contribution in [3.8, 4) is 22.6 Å². The van der Waals surface area contributed by atoms with Gasteiger partial charge in [-0.15, -0.1) is 0 Å². The van der Waals surface area contributed by atoms with Crippen LogP contribution < -0.4 is 4.74 Å². The number of methoxy groups -OCH3 is 1. The van der Waals surface area contributed by atoms with Crippen LogP contribution in [-0.2, 0) is 17.6 Å². The fourth-order valence-corrected chi connectivity index (χ4v) is 4.08. The lowest BCUT2D eigenvalue weighted by molar-refractivity contribution is -0.0498. The molecular formula is C25H20Cl2F4O3. The topological polar surface area (TPSA) is 38.7 Å². The number of ether oxygens (including phenoxy) is 2. The second kappa shape index (κ2) is 11.0. The van der Waals surface area contributed by atoms with E-state index in [-0.39, 0.29) is 17.7 Å². The lowest BCUT2D eigenvalue weighted by Crippen LogP contribution is -2.03. The molecule has 3 nitrogen and oxygen atoms in total. The van der Waals surface area contributed by atoms with Crippen molar-refractivity contribution in [1.82, 2.24) is 0 Å². The van der Waals surface area contributed by atoms with Gasteiger partial charge in [-0.05, 0) is 59.5 Å². The number of allylic oxidation sites excluding steroid dienone is 1. The van der Waals surface area contributed by atoms with E-state index in [4.69, 9.17) is 27.9 Å². The van der Waals surface area contributed by atoms with Gasteiger partial charge in [-0.2, -0.15) is 8.78 Å². The zero-order valence-electron chi connectivity index (χ0n) is 18.0. The van der Waals surface area contributed by atoms with Crippen LogP contribution in [0.4, 0.5) is 17.6 Å². The molecule has 0 aromatic heterocycles. The molecule has 34 heavy (non-hydrogen) atoms. The Morgan fingerprint density at radius 3 is 2.35 bits per heavy atom. The van der Waals surface area contributed by atoms with E-state index >= 15 is 4.39 Å². The van der Waals surface area contributed by atoms with E-state index in [1.807, 2.05) is 0 Å². The number of aromatic hydroxyl groups is 1. The van der Waals surface area contributed by atoms with Gasteiger partial charge in [-0.25, -0.2) is 8.78 Å². The number of halogens is 6. The summed E-state index contributed by atoms with van der Waals surface area (Å²) in [7, 11) is 1.53. The highest BCUT2D eigenvalue weighted by Gasteiger charge is 2.21. The van der Waals surface area contributed by atoms with Gasteiger partial charge in [-0.1, -0.05) is 35.8 Å². The molecule has 0 saturated carbocycles. The molecule has 0 fully saturated rings. The Morgan fingerprint density at radius 2 is 1.74 bits per heavy atom. The maximum Gasteiger partial charge on any atom is 0.387 e. The summed E-state index contributed by atoms with van der Waals surface area (Å²) in [6, 6.07) is 8.63. The molecule has 0 amide bonds. The molecule has 3 aromatic rings. The second-order valence-corrected chi connectivity index (χ2v) is 8.22.